The Balaban J connectivity index is 6.12. The summed E-state index contributed by atoms with van der Waals surface area (Å²) in [6.45, 7) is 24.6. The summed E-state index contributed by atoms with van der Waals surface area (Å²) in [6, 6.07) is -0.886. The van der Waals surface area contributed by atoms with Crippen molar-refractivity contribution in [3.05, 3.63) is 12.7 Å². The van der Waals surface area contributed by atoms with Crippen LogP contribution in [0.25, 0.3) is 0 Å². The maximum Gasteiger partial charge on any atom is 0.169 e. The normalized spacial score (nSPS) is 17.7. The third-order valence-electron chi connectivity index (χ3n) is 7.45. The summed E-state index contributed by atoms with van der Waals surface area (Å²) in [5, 5.41) is 6.91. The monoisotopic (exact) mass is 481 g/mol. The van der Waals surface area contributed by atoms with Crippen LogP contribution in [0.4, 0.5) is 0 Å². The number of nitrogens with two attached hydrogens (primary N) is 2. The molecule has 4 unspecified atom stereocenters. The molecule has 0 aromatic heterocycles. The second kappa shape index (κ2) is 12.7. The van der Waals surface area contributed by atoms with E-state index in [1.54, 1.807) is 6.08 Å². The first kappa shape index (κ1) is 32.9. The highest BCUT2D eigenvalue weighted by atomic mass is 16.1. The summed E-state index contributed by atoms with van der Waals surface area (Å²) in [7, 11) is 1.91. The summed E-state index contributed by atoms with van der Waals surface area (Å²) in [5.74, 6) is 0.210. The minimum absolute atomic E-state index is 0.0246. The van der Waals surface area contributed by atoms with Crippen molar-refractivity contribution >= 4 is 11.6 Å². The van der Waals surface area contributed by atoms with Gasteiger partial charge in [0.25, 0.3) is 0 Å². The van der Waals surface area contributed by atoms with Gasteiger partial charge < -0.3 is 16.8 Å². The van der Waals surface area contributed by atoms with Gasteiger partial charge in [0.2, 0.25) is 0 Å². The quantitative estimate of drug-likeness (QED) is 0.198. The van der Waals surface area contributed by atoms with Crippen molar-refractivity contribution in [1.82, 2.24) is 15.5 Å². The Morgan fingerprint density at radius 3 is 1.97 bits per heavy atom. The molecule has 0 saturated carbocycles. The molecule has 200 valence electrons. The SMILES string of the molecule is C=CCN(C)C(C)(C)C(=O)C(CCCN)NC(C)(N)C(C)(C)C(=O)C(NC(C)(C)C)C(C)CC. The van der Waals surface area contributed by atoms with Gasteiger partial charge in [-0.05, 0) is 87.7 Å². The molecule has 0 aromatic rings. The number of likely N-dealkylation sites (N-methyl/N-ethyl adjacent to an activating group) is 1. The maximum atomic E-state index is 13.9. The Morgan fingerprint density at radius 1 is 1.03 bits per heavy atom. The molecule has 0 aromatic carbocycles. The van der Waals surface area contributed by atoms with Gasteiger partial charge in [-0.3, -0.25) is 19.8 Å². The number of nitrogens with one attached hydrogen (secondary N) is 2. The fraction of sp³-hybridized carbons (Fsp3) is 0.852. The zero-order valence-electron chi connectivity index (χ0n) is 24.0. The summed E-state index contributed by atoms with van der Waals surface area (Å²) < 4.78 is 0. The van der Waals surface area contributed by atoms with Crippen LogP contribution in [0.2, 0.25) is 0 Å². The van der Waals surface area contributed by atoms with Gasteiger partial charge in [0.1, 0.15) is 0 Å². The average Bonchev–Trinajstić information content (AvgIpc) is 2.72. The molecule has 7 heteroatoms. The summed E-state index contributed by atoms with van der Waals surface area (Å²) in [4.78, 5) is 29.6. The van der Waals surface area contributed by atoms with Crippen molar-refractivity contribution in [3.63, 3.8) is 0 Å². The molecule has 0 bridgehead atoms. The lowest BCUT2D eigenvalue weighted by molar-refractivity contribution is -0.138. The molecule has 4 atom stereocenters. The summed E-state index contributed by atoms with van der Waals surface area (Å²) >= 11 is 0. The van der Waals surface area contributed by atoms with Gasteiger partial charge in [0.05, 0.1) is 28.7 Å². The van der Waals surface area contributed by atoms with E-state index in [1.165, 1.54) is 0 Å². The average molecular weight is 482 g/mol. The molecule has 0 amide bonds. The fourth-order valence-corrected chi connectivity index (χ4v) is 3.98. The lowest BCUT2D eigenvalue weighted by Crippen LogP contribution is -2.71. The molecule has 0 fully saturated rings. The third kappa shape index (κ3) is 8.52. The summed E-state index contributed by atoms with van der Waals surface area (Å²) in [6.07, 6.45) is 3.87. The molecular weight excluding hydrogens is 426 g/mol. The van der Waals surface area contributed by atoms with Crippen molar-refractivity contribution in [2.75, 3.05) is 20.1 Å². The van der Waals surface area contributed by atoms with Gasteiger partial charge in [-0.1, -0.05) is 26.3 Å². The summed E-state index contributed by atoms with van der Waals surface area (Å²) in [5.41, 5.74) is 9.60. The van der Waals surface area contributed by atoms with E-state index in [0.717, 1.165) is 6.42 Å². The molecule has 34 heavy (non-hydrogen) atoms. The van der Waals surface area contributed by atoms with Crippen molar-refractivity contribution in [2.45, 2.75) is 117 Å². The number of Topliss-reactive ketones (excluding diaryl/α,β-unsaturated/α-hetero) is 2. The number of ketones is 2. The zero-order chi connectivity index (χ0) is 27.1. The van der Waals surface area contributed by atoms with E-state index in [1.807, 2.05) is 46.6 Å². The van der Waals surface area contributed by atoms with Crippen LogP contribution >= 0.6 is 0 Å². The fourth-order valence-electron chi connectivity index (χ4n) is 3.98. The largest absolute Gasteiger partial charge is 0.330 e. The molecule has 0 aliphatic rings. The van der Waals surface area contributed by atoms with E-state index in [2.05, 4.69) is 51.8 Å². The first-order chi connectivity index (χ1) is 15.3. The molecule has 0 spiro atoms. The smallest absolute Gasteiger partial charge is 0.169 e. The standard InChI is InChI=1S/C27H55N5O2/c1-13-18-32(12)26(9,10)22(33)20(16-15-17-28)30-27(11,29)25(7,8)23(34)21(19(3)14-2)31-24(4,5)6/h13,19-21,30-31H,1,14-18,28-29H2,2-12H3. The highest BCUT2D eigenvalue weighted by Crippen LogP contribution is 2.33. The Bertz CT molecular complexity index is 679. The van der Waals surface area contributed by atoms with Crippen molar-refractivity contribution in [2.24, 2.45) is 22.8 Å². The predicted octanol–water partition coefficient (Wildman–Crippen LogP) is 3.22. The second-order valence-corrected chi connectivity index (χ2v) is 12.2. The minimum atomic E-state index is -1.13. The molecule has 0 heterocycles. The molecule has 0 aliphatic heterocycles. The maximum absolute atomic E-state index is 13.9. The van der Waals surface area contributed by atoms with Crippen LogP contribution in [0.3, 0.4) is 0 Å². The Labute approximate surface area is 209 Å². The lowest BCUT2D eigenvalue weighted by Gasteiger charge is -2.47. The molecule has 0 aliphatic carbocycles. The molecule has 0 radical (unpaired) electrons. The van der Waals surface area contributed by atoms with E-state index < -0.39 is 22.7 Å². The van der Waals surface area contributed by atoms with E-state index in [9.17, 15) is 9.59 Å². The topological polar surface area (TPSA) is 113 Å². The van der Waals surface area contributed by atoms with Crippen LogP contribution in [-0.4, -0.2) is 65.4 Å². The van der Waals surface area contributed by atoms with Gasteiger partial charge in [-0.25, -0.2) is 0 Å². The molecule has 6 N–H and O–H groups in total. The van der Waals surface area contributed by atoms with Crippen LogP contribution < -0.4 is 22.1 Å². The number of hydrogen-bond acceptors (Lipinski definition) is 7. The van der Waals surface area contributed by atoms with Gasteiger partial charge in [-0.2, -0.15) is 0 Å². The van der Waals surface area contributed by atoms with E-state index in [4.69, 9.17) is 11.5 Å². The molecule has 0 saturated heterocycles. The van der Waals surface area contributed by atoms with Crippen LogP contribution in [0.1, 0.15) is 88.5 Å². The molecule has 7 nitrogen and oxygen atoms in total. The highest BCUT2D eigenvalue weighted by molar-refractivity contribution is 5.93. The first-order valence-corrected chi connectivity index (χ1v) is 12.7. The molecule has 0 rings (SSSR count). The third-order valence-corrected chi connectivity index (χ3v) is 7.45. The highest BCUT2D eigenvalue weighted by Gasteiger charge is 2.50. The Morgan fingerprint density at radius 2 is 1.56 bits per heavy atom. The van der Waals surface area contributed by atoms with Crippen LogP contribution in [0, 0.1) is 11.3 Å². The van der Waals surface area contributed by atoms with Crippen molar-refractivity contribution in [1.29, 1.82) is 0 Å². The van der Waals surface area contributed by atoms with Crippen LogP contribution in [0.15, 0.2) is 12.7 Å². The first-order valence-electron chi connectivity index (χ1n) is 12.7. The van der Waals surface area contributed by atoms with Gasteiger partial charge in [0.15, 0.2) is 11.6 Å². The Hall–Kier alpha value is -1.12. The van der Waals surface area contributed by atoms with E-state index in [-0.39, 0.29) is 29.1 Å². The number of rotatable bonds is 16. The minimum Gasteiger partial charge on any atom is -0.330 e. The Kier molecular flexibility index (Phi) is 12.3. The number of nitrogens with zero attached hydrogens (tertiary/aromatic N) is 1. The van der Waals surface area contributed by atoms with Crippen LogP contribution in [0.5, 0.6) is 0 Å². The lowest BCUT2D eigenvalue weighted by atomic mass is 9.70. The zero-order valence-corrected chi connectivity index (χ0v) is 24.0. The predicted molar refractivity (Wildman–Crippen MR) is 145 cm³/mol. The van der Waals surface area contributed by atoms with Gasteiger partial charge in [-0.15, -0.1) is 6.58 Å². The van der Waals surface area contributed by atoms with Crippen molar-refractivity contribution < 1.29 is 9.59 Å². The molecular formula is C27H55N5O2. The number of hydrogen-bond donors (Lipinski definition) is 4. The number of carbonyl (C=O) groups is 2. The van der Waals surface area contributed by atoms with Gasteiger partial charge in [0, 0.05) is 12.1 Å². The van der Waals surface area contributed by atoms with Gasteiger partial charge >= 0.3 is 0 Å². The van der Waals surface area contributed by atoms with Crippen molar-refractivity contribution in [3.8, 4) is 0 Å². The van der Waals surface area contributed by atoms with E-state index in [0.29, 0.717) is 25.9 Å². The number of carbonyl (C=O) groups excluding carboxylic acids is 2. The van der Waals surface area contributed by atoms with Crippen LogP contribution in [-0.2, 0) is 9.59 Å². The second-order valence-electron chi connectivity index (χ2n) is 12.2. The van der Waals surface area contributed by atoms with E-state index >= 15 is 0 Å².